The molecule has 1 amide bonds. The van der Waals surface area contributed by atoms with E-state index in [-0.39, 0.29) is 54.9 Å². The molecule has 1 saturated heterocycles. The number of carbonyl (C=O) groups excluding carboxylic acids is 1. The van der Waals surface area contributed by atoms with E-state index < -0.39 is 11.5 Å². The first-order chi connectivity index (χ1) is 17.6. The Morgan fingerprint density at radius 2 is 2.08 bits per heavy atom. The van der Waals surface area contributed by atoms with Crippen LogP contribution in [0.4, 0.5) is 8.78 Å². The summed E-state index contributed by atoms with van der Waals surface area (Å²) >= 11 is 0. The molecule has 0 atom stereocenters. The molecule has 4 heterocycles. The SMILES string of the molecule is COc1cccc(-c2nc3ncc(OCCCN4CCC(F)(F)C4)cc3c(=O)n2CC(=O)NC(C)C)n1. The van der Waals surface area contributed by atoms with E-state index in [1.807, 2.05) is 13.8 Å². The molecule has 0 spiro atoms. The topological polar surface area (TPSA) is 111 Å². The van der Waals surface area contributed by atoms with Crippen LogP contribution in [0.25, 0.3) is 22.6 Å². The third-order valence-electron chi connectivity index (χ3n) is 5.83. The summed E-state index contributed by atoms with van der Waals surface area (Å²) in [6.45, 7) is 4.29. The van der Waals surface area contributed by atoms with Crippen LogP contribution in [0.1, 0.15) is 26.7 Å². The molecule has 37 heavy (non-hydrogen) atoms. The second-order valence-corrected chi connectivity index (χ2v) is 9.24. The largest absolute Gasteiger partial charge is 0.492 e. The van der Waals surface area contributed by atoms with Gasteiger partial charge in [-0.25, -0.2) is 23.7 Å². The standard InChI is InChI=1S/C25H30F2N6O4/c1-16(2)29-20(34)14-33-23(19-6-4-7-21(30-19)36-3)31-22-18(24(33)35)12-17(13-28-22)37-11-5-9-32-10-8-25(26,27)15-32/h4,6-7,12-13,16H,5,8-11,14-15H2,1-3H3,(H,29,34). The lowest BCUT2D eigenvalue weighted by molar-refractivity contribution is -0.122. The van der Waals surface area contributed by atoms with Crippen LogP contribution in [-0.2, 0) is 11.3 Å². The summed E-state index contributed by atoms with van der Waals surface area (Å²) in [5.74, 6) is -2.11. The number of fused-ring (bicyclic) bond motifs is 1. The van der Waals surface area contributed by atoms with Crippen molar-refractivity contribution < 1.29 is 23.0 Å². The van der Waals surface area contributed by atoms with Gasteiger partial charge in [0.15, 0.2) is 11.5 Å². The average molecular weight is 517 g/mol. The monoisotopic (exact) mass is 516 g/mol. The zero-order valence-corrected chi connectivity index (χ0v) is 21.0. The molecule has 12 heteroatoms. The highest BCUT2D eigenvalue weighted by atomic mass is 19.3. The van der Waals surface area contributed by atoms with Gasteiger partial charge >= 0.3 is 0 Å². The van der Waals surface area contributed by atoms with Gasteiger partial charge in [-0.15, -0.1) is 0 Å². The average Bonchev–Trinajstić information content (AvgIpc) is 3.21. The van der Waals surface area contributed by atoms with Crippen LogP contribution in [0.2, 0.25) is 0 Å². The maximum absolute atomic E-state index is 13.5. The van der Waals surface area contributed by atoms with Crippen LogP contribution in [-0.4, -0.2) is 75.6 Å². The summed E-state index contributed by atoms with van der Waals surface area (Å²) in [4.78, 5) is 41.0. The molecule has 0 radical (unpaired) electrons. The summed E-state index contributed by atoms with van der Waals surface area (Å²) in [5, 5.41) is 2.96. The number of alkyl halides is 2. The van der Waals surface area contributed by atoms with Crippen molar-refractivity contribution in [1.29, 1.82) is 0 Å². The number of pyridine rings is 2. The molecular formula is C25H30F2N6O4. The maximum atomic E-state index is 13.5. The molecule has 1 aliphatic rings. The fourth-order valence-electron chi connectivity index (χ4n) is 4.15. The molecular weight excluding hydrogens is 486 g/mol. The van der Waals surface area contributed by atoms with Gasteiger partial charge in [0.1, 0.15) is 18.0 Å². The van der Waals surface area contributed by atoms with Crippen molar-refractivity contribution >= 4 is 16.9 Å². The van der Waals surface area contributed by atoms with Gasteiger partial charge in [-0.2, -0.15) is 0 Å². The normalized spacial score (nSPS) is 15.3. The number of methoxy groups -OCH3 is 1. The van der Waals surface area contributed by atoms with Gasteiger partial charge in [0, 0.05) is 31.6 Å². The third-order valence-corrected chi connectivity index (χ3v) is 5.83. The van der Waals surface area contributed by atoms with E-state index >= 15 is 0 Å². The van der Waals surface area contributed by atoms with Crippen LogP contribution >= 0.6 is 0 Å². The van der Waals surface area contributed by atoms with Crippen LogP contribution in [0, 0.1) is 0 Å². The van der Waals surface area contributed by atoms with Gasteiger partial charge in [0.2, 0.25) is 11.8 Å². The third kappa shape index (κ3) is 6.56. The van der Waals surface area contributed by atoms with Crippen LogP contribution in [0.5, 0.6) is 11.6 Å². The molecule has 3 aromatic heterocycles. The molecule has 1 aliphatic heterocycles. The van der Waals surface area contributed by atoms with Gasteiger partial charge in [-0.1, -0.05) is 6.07 Å². The molecule has 0 aromatic carbocycles. The highest BCUT2D eigenvalue weighted by Gasteiger charge is 2.37. The van der Waals surface area contributed by atoms with Crippen LogP contribution in [0.15, 0.2) is 35.3 Å². The van der Waals surface area contributed by atoms with Crippen molar-refractivity contribution in [3.05, 3.63) is 40.8 Å². The van der Waals surface area contributed by atoms with Crippen molar-refractivity contribution in [3.63, 3.8) is 0 Å². The minimum absolute atomic E-state index is 0.108. The smallest absolute Gasteiger partial charge is 0.263 e. The molecule has 0 bridgehead atoms. The number of ether oxygens (including phenoxy) is 2. The number of rotatable bonds is 10. The van der Waals surface area contributed by atoms with E-state index in [2.05, 4.69) is 20.3 Å². The number of hydrogen-bond donors (Lipinski definition) is 1. The molecule has 0 saturated carbocycles. The van der Waals surface area contributed by atoms with E-state index in [9.17, 15) is 18.4 Å². The van der Waals surface area contributed by atoms with Crippen molar-refractivity contribution in [2.24, 2.45) is 0 Å². The zero-order valence-electron chi connectivity index (χ0n) is 21.0. The fraction of sp³-hybridized carbons (Fsp3) is 0.480. The van der Waals surface area contributed by atoms with Crippen molar-refractivity contribution in [2.45, 2.75) is 45.2 Å². The Morgan fingerprint density at radius 1 is 1.27 bits per heavy atom. The van der Waals surface area contributed by atoms with E-state index in [1.165, 1.54) is 23.9 Å². The minimum atomic E-state index is -2.62. The summed E-state index contributed by atoms with van der Waals surface area (Å²) in [6, 6.07) is 6.46. The Morgan fingerprint density at radius 3 is 2.78 bits per heavy atom. The summed E-state index contributed by atoms with van der Waals surface area (Å²) in [5.41, 5.74) is 0.0582. The van der Waals surface area contributed by atoms with Gasteiger partial charge in [-0.3, -0.25) is 19.1 Å². The molecule has 1 N–H and O–H groups in total. The molecule has 10 nitrogen and oxygen atoms in total. The Kier molecular flexibility index (Phi) is 7.96. The van der Waals surface area contributed by atoms with Crippen LogP contribution < -0.4 is 20.3 Å². The van der Waals surface area contributed by atoms with E-state index in [4.69, 9.17) is 9.47 Å². The summed E-state index contributed by atoms with van der Waals surface area (Å²) in [7, 11) is 1.48. The first-order valence-corrected chi connectivity index (χ1v) is 12.1. The number of hydrogen-bond acceptors (Lipinski definition) is 8. The number of likely N-dealkylation sites (tertiary alicyclic amines) is 1. The number of carbonyl (C=O) groups is 1. The molecule has 1 fully saturated rings. The fourth-order valence-corrected chi connectivity index (χ4v) is 4.15. The van der Waals surface area contributed by atoms with Gasteiger partial charge in [0.25, 0.3) is 11.5 Å². The first-order valence-electron chi connectivity index (χ1n) is 12.1. The molecule has 3 aromatic rings. The Labute approximate surface area is 212 Å². The maximum Gasteiger partial charge on any atom is 0.263 e. The van der Waals surface area contributed by atoms with Crippen molar-refractivity contribution in [2.75, 3.05) is 33.4 Å². The van der Waals surface area contributed by atoms with Crippen molar-refractivity contribution in [1.82, 2.24) is 29.7 Å². The minimum Gasteiger partial charge on any atom is -0.492 e. The molecule has 0 unspecified atom stereocenters. The molecule has 0 aliphatic carbocycles. The quantitative estimate of drug-likeness (QED) is 0.409. The Bertz CT molecular complexity index is 1330. The number of nitrogens with one attached hydrogen (secondary N) is 1. The Hall–Kier alpha value is -3.67. The highest BCUT2D eigenvalue weighted by Crippen LogP contribution is 2.26. The Balaban J connectivity index is 1.59. The van der Waals surface area contributed by atoms with E-state index in [0.29, 0.717) is 36.8 Å². The second-order valence-electron chi connectivity index (χ2n) is 9.24. The van der Waals surface area contributed by atoms with Gasteiger partial charge in [0.05, 0.1) is 31.8 Å². The number of nitrogens with zero attached hydrogens (tertiary/aromatic N) is 5. The van der Waals surface area contributed by atoms with Crippen LogP contribution in [0.3, 0.4) is 0 Å². The van der Waals surface area contributed by atoms with Crippen molar-refractivity contribution in [3.8, 4) is 23.1 Å². The lowest BCUT2D eigenvalue weighted by Crippen LogP contribution is -2.37. The van der Waals surface area contributed by atoms with E-state index in [1.54, 1.807) is 23.1 Å². The molecule has 4 rings (SSSR count). The zero-order chi connectivity index (χ0) is 26.6. The first kappa shape index (κ1) is 26.4. The molecule has 198 valence electrons. The second kappa shape index (κ2) is 11.2. The predicted molar refractivity (Wildman–Crippen MR) is 133 cm³/mol. The lowest BCUT2D eigenvalue weighted by Gasteiger charge is -2.16. The van der Waals surface area contributed by atoms with Gasteiger partial charge < -0.3 is 14.8 Å². The number of amides is 1. The summed E-state index contributed by atoms with van der Waals surface area (Å²) in [6.07, 6.45) is 1.88. The lowest BCUT2D eigenvalue weighted by atomic mass is 10.2. The van der Waals surface area contributed by atoms with E-state index in [0.717, 1.165) is 0 Å². The number of aromatic nitrogens is 4. The highest BCUT2D eigenvalue weighted by molar-refractivity contribution is 5.80. The van der Waals surface area contributed by atoms with Gasteiger partial charge in [-0.05, 0) is 32.4 Å². The predicted octanol–water partition coefficient (Wildman–Crippen LogP) is 2.50. The summed E-state index contributed by atoms with van der Waals surface area (Å²) < 4.78 is 38.9. The number of halogens is 2.